The third kappa shape index (κ3) is 6.90. The van der Waals surface area contributed by atoms with Crippen LogP contribution in [0.25, 0.3) is 0 Å². The van der Waals surface area contributed by atoms with Gasteiger partial charge >= 0.3 is 0 Å². The number of carbonyl (C=O) groups is 1. The highest BCUT2D eigenvalue weighted by Crippen LogP contribution is 2.39. The lowest BCUT2D eigenvalue weighted by molar-refractivity contribution is -0.121. The lowest BCUT2D eigenvalue weighted by Crippen LogP contribution is -2.22. The topological polar surface area (TPSA) is 67.5 Å². The van der Waals surface area contributed by atoms with Crippen molar-refractivity contribution in [3.05, 3.63) is 52.2 Å². The molecule has 0 bridgehead atoms. The standard InChI is InChI=1S/C20H25N3OS3/c21-20(18-5-3-12-25-18)23-16-9-7-15(8-10-16)14-22-19(24)6-2-1-4-17-11-13-26-27-17/h3,5,7-10,12,17H,1-2,4,6,11,13-14H2,(H2,21,23)(H,22,24). The summed E-state index contributed by atoms with van der Waals surface area (Å²) in [4.78, 5) is 17.4. The van der Waals surface area contributed by atoms with Crippen LogP contribution in [0.15, 0.2) is 46.8 Å². The quantitative estimate of drug-likeness (QED) is 0.256. The maximum absolute atomic E-state index is 12.0. The van der Waals surface area contributed by atoms with Gasteiger partial charge in [0, 0.05) is 24.0 Å². The van der Waals surface area contributed by atoms with Crippen LogP contribution < -0.4 is 11.1 Å². The molecule has 1 fully saturated rings. The van der Waals surface area contributed by atoms with Crippen molar-refractivity contribution in [1.82, 2.24) is 5.32 Å². The van der Waals surface area contributed by atoms with Gasteiger partial charge in [0.25, 0.3) is 0 Å². The molecule has 1 unspecified atom stereocenters. The fourth-order valence-corrected chi connectivity index (χ4v) is 6.47. The molecule has 27 heavy (non-hydrogen) atoms. The van der Waals surface area contributed by atoms with Crippen LogP contribution in [0, 0.1) is 0 Å². The van der Waals surface area contributed by atoms with E-state index in [0.29, 0.717) is 18.8 Å². The number of carbonyl (C=O) groups excluding carboxylic acids is 1. The van der Waals surface area contributed by atoms with Gasteiger partial charge in [-0.15, -0.1) is 11.3 Å². The Morgan fingerprint density at radius 3 is 2.78 bits per heavy atom. The summed E-state index contributed by atoms with van der Waals surface area (Å²) >= 11 is 1.57. The van der Waals surface area contributed by atoms with Crippen LogP contribution in [0.5, 0.6) is 0 Å². The highest BCUT2D eigenvalue weighted by Gasteiger charge is 2.15. The van der Waals surface area contributed by atoms with Gasteiger partial charge in [-0.25, -0.2) is 4.99 Å². The van der Waals surface area contributed by atoms with E-state index in [1.807, 2.05) is 63.4 Å². The van der Waals surface area contributed by atoms with E-state index in [0.717, 1.165) is 34.2 Å². The number of hydrogen-bond donors (Lipinski definition) is 2. The van der Waals surface area contributed by atoms with Crippen LogP contribution in [0.1, 0.15) is 42.5 Å². The monoisotopic (exact) mass is 419 g/mol. The van der Waals surface area contributed by atoms with E-state index in [-0.39, 0.29) is 5.91 Å². The van der Waals surface area contributed by atoms with Gasteiger partial charge in [0.1, 0.15) is 5.84 Å². The summed E-state index contributed by atoms with van der Waals surface area (Å²) in [7, 11) is 3.99. The summed E-state index contributed by atoms with van der Waals surface area (Å²) in [5.41, 5.74) is 7.89. The van der Waals surface area contributed by atoms with Crippen molar-refractivity contribution in [1.29, 1.82) is 0 Å². The first-order valence-corrected chi connectivity index (χ1v) is 12.5. The fraction of sp³-hybridized carbons (Fsp3) is 0.400. The molecule has 0 saturated carbocycles. The number of nitrogens with one attached hydrogen (secondary N) is 1. The molecule has 144 valence electrons. The van der Waals surface area contributed by atoms with E-state index in [2.05, 4.69) is 10.3 Å². The number of unbranched alkanes of at least 4 members (excludes halogenated alkanes) is 1. The van der Waals surface area contributed by atoms with Crippen molar-refractivity contribution < 1.29 is 4.79 Å². The van der Waals surface area contributed by atoms with E-state index in [4.69, 9.17) is 5.73 Å². The van der Waals surface area contributed by atoms with Crippen LogP contribution in [0.4, 0.5) is 5.69 Å². The Bertz CT molecular complexity index is 738. The third-order valence-electron chi connectivity index (χ3n) is 4.36. The molecule has 2 heterocycles. The minimum atomic E-state index is 0.132. The molecule has 1 aliphatic rings. The van der Waals surface area contributed by atoms with Crippen molar-refractivity contribution in [3.63, 3.8) is 0 Å². The Morgan fingerprint density at radius 1 is 1.22 bits per heavy atom. The number of amides is 1. The molecule has 0 radical (unpaired) electrons. The molecule has 1 saturated heterocycles. The summed E-state index contributed by atoms with van der Waals surface area (Å²) in [6.45, 7) is 0.554. The lowest BCUT2D eigenvalue weighted by Gasteiger charge is -2.08. The predicted molar refractivity (Wildman–Crippen MR) is 120 cm³/mol. The lowest BCUT2D eigenvalue weighted by atomic mass is 10.1. The van der Waals surface area contributed by atoms with E-state index >= 15 is 0 Å². The molecule has 3 N–H and O–H groups in total. The third-order valence-corrected chi connectivity index (χ3v) is 8.26. The Labute approximate surface area is 172 Å². The Kier molecular flexibility index (Phi) is 8.10. The van der Waals surface area contributed by atoms with Crippen molar-refractivity contribution in [3.8, 4) is 0 Å². The molecular formula is C20H25N3OS3. The number of hydrogen-bond acceptors (Lipinski definition) is 5. The second-order valence-electron chi connectivity index (χ2n) is 6.49. The van der Waals surface area contributed by atoms with Crippen LogP contribution in [0.3, 0.4) is 0 Å². The molecule has 1 aromatic heterocycles. The predicted octanol–water partition coefficient (Wildman–Crippen LogP) is 5.12. The molecule has 0 aliphatic carbocycles. The van der Waals surface area contributed by atoms with Crippen LogP contribution in [0.2, 0.25) is 0 Å². The van der Waals surface area contributed by atoms with Crippen molar-refractivity contribution >= 4 is 50.4 Å². The van der Waals surface area contributed by atoms with Crippen LogP contribution in [-0.2, 0) is 11.3 Å². The maximum atomic E-state index is 12.0. The van der Waals surface area contributed by atoms with Gasteiger partial charge in [-0.2, -0.15) is 0 Å². The molecule has 0 spiro atoms. The van der Waals surface area contributed by atoms with Crippen molar-refractivity contribution in [2.75, 3.05) is 5.75 Å². The summed E-state index contributed by atoms with van der Waals surface area (Å²) < 4.78 is 0. The molecule has 1 aromatic carbocycles. The van der Waals surface area contributed by atoms with Gasteiger partial charge in [-0.3, -0.25) is 4.79 Å². The van der Waals surface area contributed by atoms with Crippen molar-refractivity contribution in [2.24, 2.45) is 10.7 Å². The minimum Gasteiger partial charge on any atom is -0.383 e. The largest absolute Gasteiger partial charge is 0.383 e. The normalized spacial score (nSPS) is 17.2. The van der Waals surface area contributed by atoms with E-state index < -0.39 is 0 Å². The zero-order valence-corrected chi connectivity index (χ0v) is 17.7. The maximum Gasteiger partial charge on any atom is 0.220 e. The summed E-state index contributed by atoms with van der Waals surface area (Å²) in [5.74, 6) is 1.94. The van der Waals surface area contributed by atoms with Gasteiger partial charge in [-0.05, 0) is 48.4 Å². The average molecular weight is 420 g/mol. The molecule has 3 rings (SSSR count). The summed E-state index contributed by atoms with van der Waals surface area (Å²) in [5, 5.41) is 5.78. The van der Waals surface area contributed by atoms with Crippen LogP contribution >= 0.6 is 32.9 Å². The van der Waals surface area contributed by atoms with Gasteiger partial charge in [0.15, 0.2) is 0 Å². The Morgan fingerprint density at radius 2 is 2.07 bits per heavy atom. The summed E-state index contributed by atoms with van der Waals surface area (Å²) in [6.07, 6.45) is 5.29. The van der Waals surface area contributed by atoms with Crippen LogP contribution in [-0.4, -0.2) is 22.7 Å². The zero-order valence-electron chi connectivity index (χ0n) is 15.2. The SMILES string of the molecule is N/C(=N\c1ccc(CNC(=O)CCCCC2CCSS2)cc1)c1cccs1. The second-order valence-corrected chi connectivity index (χ2v) is 10.2. The first-order chi connectivity index (χ1) is 13.2. The first-order valence-electron chi connectivity index (χ1n) is 9.22. The minimum absolute atomic E-state index is 0.132. The van der Waals surface area contributed by atoms with E-state index in [1.54, 1.807) is 11.3 Å². The number of amidine groups is 1. The summed E-state index contributed by atoms with van der Waals surface area (Å²) in [6, 6.07) is 11.7. The second kappa shape index (κ2) is 10.8. The highest BCUT2D eigenvalue weighted by atomic mass is 33.1. The van der Waals surface area contributed by atoms with Gasteiger partial charge in [0.2, 0.25) is 5.91 Å². The number of aliphatic imine (C=N–C) groups is 1. The zero-order chi connectivity index (χ0) is 18.9. The first kappa shape index (κ1) is 20.3. The molecule has 4 nitrogen and oxygen atoms in total. The average Bonchev–Trinajstić information content (AvgIpc) is 3.38. The number of nitrogens with two attached hydrogens (primary N) is 1. The molecule has 7 heteroatoms. The Hall–Kier alpha value is -1.44. The van der Waals surface area contributed by atoms with E-state index in [1.165, 1.54) is 18.6 Å². The molecular weight excluding hydrogens is 394 g/mol. The van der Waals surface area contributed by atoms with Gasteiger partial charge in [-0.1, -0.05) is 46.2 Å². The highest BCUT2D eigenvalue weighted by molar-refractivity contribution is 8.77. The number of benzene rings is 1. The smallest absolute Gasteiger partial charge is 0.220 e. The van der Waals surface area contributed by atoms with Gasteiger partial charge < -0.3 is 11.1 Å². The van der Waals surface area contributed by atoms with Gasteiger partial charge in [0.05, 0.1) is 10.6 Å². The fourth-order valence-electron chi connectivity index (χ4n) is 2.82. The molecule has 1 aliphatic heterocycles. The number of rotatable bonds is 9. The molecule has 1 atom stereocenters. The Balaban J connectivity index is 1.36. The van der Waals surface area contributed by atoms with E-state index in [9.17, 15) is 4.79 Å². The molecule has 1 amide bonds. The van der Waals surface area contributed by atoms with Crippen molar-refractivity contribution in [2.45, 2.75) is 43.9 Å². The molecule has 2 aromatic rings. The number of nitrogens with zero attached hydrogens (tertiary/aromatic N) is 1. The number of thiophene rings is 1.